The lowest BCUT2D eigenvalue weighted by Crippen LogP contribution is -2.35. The van der Waals surface area contributed by atoms with E-state index in [1.165, 1.54) is 12.1 Å². The van der Waals surface area contributed by atoms with Crippen LogP contribution in [0.1, 0.15) is 12.1 Å². The first kappa shape index (κ1) is 18.1. The summed E-state index contributed by atoms with van der Waals surface area (Å²) in [6.07, 6.45) is 2.02. The van der Waals surface area contributed by atoms with Gasteiger partial charge in [0, 0.05) is 23.3 Å². The molecule has 3 aromatic rings. The molecule has 1 aliphatic heterocycles. The summed E-state index contributed by atoms with van der Waals surface area (Å²) in [5.74, 6) is -0.126. The van der Waals surface area contributed by atoms with Crippen LogP contribution in [0.5, 0.6) is 0 Å². The minimum atomic E-state index is -3.76. The van der Waals surface area contributed by atoms with E-state index in [2.05, 4.69) is 14.7 Å². The molecule has 7 nitrogen and oxygen atoms in total. The van der Waals surface area contributed by atoms with Gasteiger partial charge in [0.2, 0.25) is 10.0 Å². The maximum Gasteiger partial charge on any atom is 0.240 e. The van der Waals surface area contributed by atoms with Gasteiger partial charge < -0.3 is 4.98 Å². The van der Waals surface area contributed by atoms with Crippen LogP contribution >= 0.6 is 0 Å². The van der Waals surface area contributed by atoms with Gasteiger partial charge in [-0.1, -0.05) is 12.1 Å². The van der Waals surface area contributed by atoms with Crippen LogP contribution in [0.3, 0.4) is 0 Å². The zero-order chi connectivity index (χ0) is 19.2. The van der Waals surface area contributed by atoms with Crippen LogP contribution in [0.2, 0.25) is 0 Å². The van der Waals surface area contributed by atoms with Crippen LogP contribution in [0.4, 0.5) is 0 Å². The molecule has 1 aliphatic rings. The van der Waals surface area contributed by atoms with Crippen molar-refractivity contribution < 1.29 is 16.8 Å². The number of nitrogens with zero attached hydrogens (tertiary/aromatic N) is 1. The van der Waals surface area contributed by atoms with E-state index in [1.54, 1.807) is 18.3 Å². The summed E-state index contributed by atoms with van der Waals surface area (Å²) in [5.41, 5.74) is 3.62. The lowest BCUT2D eigenvalue weighted by molar-refractivity contribution is 0.562. The molecule has 1 saturated heterocycles. The highest BCUT2D eigenvalue weighted by Crippen LogP contribution is 2.29. The molecule has 0 radical (unpaired) electrons. The Morgan fingerprint density at radius 3 is 2.59 bits per heavy atom. The van der Waals surface area contributed by atoms with Gasteiger partial charge in [0.05, 0.1) is 16.4 Å². The summed E-state index contributed by atoms with van der Waals surface area (Å²) in [6, 6.07) is 9.89. The number of rotatable bonds is 4. The molecule has 2 N–H and O–H groups in total. The topological polar surface area (TPSA) is 109 Å². The summed E-state index contributed by atoms with van der Waals surface area (Å²) in [5, 5.41) is 0.972. The smallest absolute Gasteiger partial charge is 0.240 e. The standard InChI is InChI=1S/C18H19N3O4S2/c1-12-10-17-16(6-8-19-18(17)20-12)13-2-4-15(5-3-13)27(24,25)21-14-7-9-26(22,23)11-14/h2-6,8,10,14,21H,7,9,11H2,1H3,(H,19,20). The van der Waals surface area contributed by atoms with Crippen molar-refractivity contribution in [2.45, 2.75) is 24.3 Å². The van der Waals surface area contributed by atoms with Crippen LogP contribution in [0, 0.1) is 6.92 Å². The average Bonchev–Trinajstić information content (AvgIpc) is 3.15. The molecule has 0 amide bonds. The van der Waals surface area contributed by atoms with Crippen molar-refractivity contribution in [3.05, 3.63) is 48.3 Å². The number of fused-ring (bicyclic) bond motifs is 1. The Hall–Kier alpha value is -2.23. The molecule has 3 heterocycles. The van der Waals surface area contributed by atoms with E-state index in [-0.39, 0.29) is 16.4 Å². The van der Waals surface area contributed by atoms with E-state index < -0.39 is 25.9 Å². The number of pyridine rings is 1. The second-order valence-corrected chi connectivity index (χ2v) is 10.8. The Bertz CT molecular complexity index is 1210. The highest BCUT2D eigenvalue weighted by Gasteiger charge is 2.31. The SMILES string of the molecule is Cc1cc2c(-c3ccc(S(=O)(=O)NC4CCS(=O)(=O)C4)cc3)ccnc2[nH]1. The molecule has 142 valence electrons. The maximum atomic E-state index is 12.5. The number of aromatic nitrogens is 2. The van der Waals surface area contributed by atoms with Gasteiger partial charge in [-0.05, 0) is 48.7 Å². The molecule has 4 rings (SSSR count). The van der Waals surface area contributed by atoms with E-state index in [9.17, 15) is 16.8 Å². The fourth-order valence-electron chi connectivity index (χ4n) is 3.40. The second-order valence-electron chi connectivity index (χ2n) is 6.82. The van der Waals surface area contributed by atoms with E-state index >= 15 is 0 Å². The molecule has 1 atom stereocenters. The van der Waals surface area contributed by atoms with E-state index in [0.29, 0.717) is 6.42 Å². The molecule has 9 heteroatoms. The summed E-state index contributed by atoms with van der Waals surface area (Å²) in [6.45, 7) is 1.95. The van der Waals surface area contributed by atoms with Gasteiger partial charge in [0.25, 0.3) is 0 Å². The zero-order valence-corrected chi connectivity index (χ0v) is 16.3. The van der Waals surface area contributed by atoms with E-state index in [4.69, 9.17) is 0 Å². The molecular weight excluding hydrogens is 386 g/mol. The molecule has 0 saturated carbocycles. The zero-order valence-electron chi connectivity index (χ0n) is 14.6. The van der Waals surface area contributed by atoms with Crippen LogP contribution in [-0.2, 0) is 19.9 Å². The van der Waals surface area contributed by atoms with Gasteiger partial charge in [-0.15, -0.1) is 0 Å². The van der Waals surface area contributed by atoms with Crippen LogP contribution in [0.25, 0.3) is 22.2 Å². The van der Waals surface area contributed by atoms with Gasteiger partial charge in [-0.25, -0.2) is 26.5 Å². The number of hydrogen-bond acceptors (Lipinski definition) is 5. The van der Waals surface area contributed by atoms with E-state index in [1.807, 2.05) is 19.1 Å². The quantitative estimate of drug-likeness (QED) is 0.690. The number of nitrogens with one attached hydrogen (secondary N) is 2. The molecular formula is C18H19N3O4S2. The minimum Gasteiger partial charge on any atom is -0.344 e. The van der Waals surface area contributed by atoms with Crippen molar-refractivity contribution in [2.24, 2.45) is 0 Å². The molecule has 1 fully saturated rings. The molecule has 0 aliphatic carbocycles. The molecule has 27 heavy (non-hydrogen) atoms. The lowest BCUT2D eigenvalue weighted by Gasteiger charge is -2.12. The second kappa shape index (κ2) is 6.43. The third kappa shape index (κ3) is 3.62. The van der Waals surface area contributed by atoms with E-state index in [0.717, 1.165) is 27.9 Å². The predicted molar refractivity (Wildman–Crippen MR) is 104 cm³/mol. The van der Waals surface area contributed by atoms with Gasteiger partial charge in [0.1, 0.15) is 5.65 Å². The van der Waals surface area contributed by atoms with Crippen molar-refractivity contribution in [1.82, 2.24) is 14.7 Å². The Balaban J connectivity index is 1.62. The van der Waals surface area contributed by atoms with Crippen molar-refractivity contribution in [3.63, 3.8) is 0 Å². The number of H-pyrrole nitrogens is 1. The molecule has 0 bridgehead atoms. The van der Waals surface area contributed by atoms with Gasteiger partial charge in [0.15, 0.2) is 9.84 Å². The number of hydrogen-bond donors (Lipinski definition) is 2. The van der Waals surface area contributed by atoms with Gasteiger partial charge >= 0.3 is 0 Å². The fraction of sp³-hybridized carbons (Fsp3) is 0.278. The Morgan fingerprint density at radius 1 is 1.19 bits per heavy atom. The first-order valence-corrected chi connectivity index (χ1v) is 11.8. The monoisotopic (exact) mass is 405 g/mol. The Labute approximate surface area is 157 Å². The number of aryl methyl sites for hydroxylation is 1. The van der Waals surface area contributed by atoms with Crippen LogP contribution < -0.4 is 4.72 Å². The third-order valence-electron chi connectivity index (χ3n) is 4.70. The first-order valence-electron chi connectivity index (χ1n) is 8.51. The van der Waals surface area contributed by atoms with Crippen molar-refractivity contribution in [2.75, 3.05) is 11.5 Å². The molecule has 1 aromatic carbocycles. The predicted octanol–water partition coefficient (Wildman–Crippen LogP) is 2.00. The van der Waals surface area contributed by atoms with Gasteiger partial charge in [-0.2, -0.15) is 0 Å². The van der Waals surface area contributed by atoms with Crippen LogP contribution in [0.15, 0.2) is 47.5 Å². The normalized spacial score (nSPS) is 19.5. The minimum absolute atomic E-state index is 0.0211. The molecule has 0 spiro atoms. The van der Waals surface area contributed by atoms with Crippen molar-refractivity contribution >= 4 is 30.9 Å². The largest absolute Gasteiger partial charge is 0.344 e. The lowest BCUT2D eigenvalue weighted by atomic mass is 10.0. The third-order valence-corrected chi connectivity index (χ3v) is 8.00. The Morgan fingerprint density at radius 2 is 1.93 bits per heavy atom. The number of sulfone groups is 1. The molecule has 2 aromatic heterocycles. The summed E-state index contributed by atoms with van der Waals surface area (Å²) < 4.78 is 50.6. The van der Waals surface area contributed by atoms with Crippen molar-refractivity contribution in [1.29, 1.82) is 0 Å². The van der Waals surface area contributed by atoms with Gasteiger partial charge in [-0.3, -0.25) is 0 Å². The summed E-state index contributed by atoms with van der Waals surface area (Å²) >= 11 is 0. The highest BCUT2D eigenvalue weighted by molar-refractivity contribution is 7.92. The Kier molecular flexibility index (Phi) is 4.32. The maximum absolute atomic E-state index is 12.5. The summed E-state index contributed by atoms with van der Waals surface area (Å²) in [7, 11) is -6.91. The summed E-state index contributed by atoms with van der Waals surface area (Å²) in [4.78, 5) is 7.61. The van der Waals surface area contributed by atoms with Crippen molar-refractivity contribution in [3.8, 4) is 11.1 Å². The average molecular weight is 406 g/mol. The number of sulfonamides is 1. The fourth-order valence-corrected chi connectivity index (χ4v) is 6.45. The van der Waals surface area contributed by atoms with Crippen LogP contribution in [-0.4, -0.2) is 44.4 Å². The first-order chi connectivity index (χ1) is 12.7. The highest BCUT2D eigenvalue weighted by atomic mass is 32.2. The number of aromatic amines is 1. The molecule has 1 unspecified atom stereocenters. The number of benzene rings is 1.